The number of anilines is 1. The Morgan fingerprint density at radius 3 is 2.69 bits per heavy atom. The van der Waals surface area contributed by atoms with Gasteiger partial charge in [-0.1, -0.05) is 18.7 Å². The van der Waals surface area contributed by atoms with E-state index in [1.54, 1.807) is 18.2 Å². The maximum absolute atomic E-state index is 10.6. The Hall–Kier alpha value is -2.10. The van der Waals surface area contributed by atoms with Crippen molar-refractivity contribution in [3.63, 3.8) is 0 Å². The average Bonchev–Trinajstić information content (AvgIpc) is 2.28. The van der Waals surface area contributed by atoms with Crippen LogP contribution in [0.15, 0.2) is 37.4 Å². The van der Waals surface area contributed by atoms with E-state index < -0.39 is 4.92 Å². The highest BCUT2D eigenvalue weighted by Gasteiger charge is 2.10. The van der Waals surface area contributed by atoms with Gasteiger partial charge in [0.05, 0.1) is 4.92 Å². The first-order chi connectivity index (χ1) is 7.60. The standard InChI is InChI=1S/C12H14N2O2/c1-4-8-13(3)12-7-6-11(14(15)16)9-10(12)5-2/h4-7,9H,1-2,8H2,3H3. The van der Waals surface area contributed by atoms with E-state index in [4.69, 9.17) is 0 Å². The van der Waals surface area contributed by atoms with Crippen molar-refractivity contribution < 1.29 is 4.92 Å². The van der Waals surface area contributed by atoms with Gasteiger partial charge >= 0.3 is 0 Å². The molecule has 0 aliphatic rings. The molecule has 0 N–H and O–H groups in total. The SMILES string of the molecule is C=CCN(C)c1ccc([N+](=O)[O-])cc1C=C. The number of likely N-dealkylation sites (N-methyl/N-ethyl adjacent to an activating group) is 1. The van der Waals surface area contributed by atoms with Crippen LogP contribution in [0.25, 0.3) is 6.08 Å². The fourth-order valence-corrected chi connectivity index (χ4v) is 1.46. The number of rotatable bonds is 5. The molecule has 0 bridgehead atoms. The van der Waals surface area contributed by atoms with Crippen LogP contribution in [-0.2, 0) is 0 Å². The maximum Gasteiger partial charge on any atom is 0.270 e. The molecule has 1 aromatic rings. The zero-order valence-electron chi connectivity index (χ0n) is 9.22. The quantitative estimate of drug-likeness (QED) is 0.433. The molecule has 0 aromatic heterocycles. The third-order valence-electron chi connectivity index (χ3n) is 2.26. The van der Waals surface area contributed by atoms with E-state index in [9.17, 15) is 10.1 Å². The topological polar surface area (TPSA) is 46.4 Å². The fourth-order valence-electron chi connectivity index (χ4n) is 1.46. The van der Waals surface area contributed by atoms with Gasteiger partial charge in [0.2, 0.25) is 0 Å². The van der Waals surface area contributed by atoms with Crippen molar-refractivity contribution in [2.45, 2.75) is 0 Å². The molecular weight excluding hydrogens is 204 g/mol. The van der Waals surface area contributed by atoms with Gasteiger partial charge in [0.15, 0.2) is 0 Å². The minimum Gasteiger partial charge on any atom is -0.370 e. The van der Waals surface area contributed by atoms with Gasteiger partial charge in [0.25, 0.3) is 5.69 Å². The average molecular weight is 218 g/mol. The minimum atomic E-state index is -0.412. The Labute approximate surface area is 94.7 Å². The number of hydrogen-bond acceptors (Lipinski definition) is 3. The lowest BCUT2D eigenvalue weighted by Gasteiger charge is -2.19. The fraction of sp³-hybridized carbons (Fsp3) is 0.167. The van der Waals surface area contributed by atoms with Crippen LogP contribution in [0.5, 0.6) is 0 Å². The molecule has 0 aliphatic heterocycles. The molecule has 84 valence electrons. The van der Waals surface area contributed by atoms with Crippen LogP contribution in [-0.4, -0.2) is 18.5 Å². The van der Waals surface area contributed by atoms with Crippen LogP contribution in [0.4, 0.5) is 11.4 Å². The molecule has 0 unspecified atom stereocenters. The van der Waals surface area contributed by atoms with Gasteiger partial charge in [-0.3, -0.25) is 10.1 Å². The molecule has 0 saturated carbocycles. The van der Waals surface area contributed by atoms with E-state index in [-0.39, 0.29) is 5.69 Å². The van der Waals surface area contributed by atoms with Crippen molar-refractivity contribution in [3.8, 4) is 0 Å². The van der Waals surface area contributed by atoms with E-state index in [1.807, 2.05) is 11.9 Å². The first kappa shape index (κ1) is 12.0. The monoisotopic (exact) mass is 218 g/mol. The Balaban J connectivity index is 3.15. The highest BCUT2D eigenvalue weighted by molar-refractivity contribution is 5.69. The normalized spacial score (nSPS) is 9.56. The largest absolute Gasteiger partial charge is 0.370 e. The lowest BCUT2D eigenvalue weighted by atomic mass is 10.1. The van der Waals surface area contributed by atoms with Crippen LogP contribution in [0, 0.1) is 10.1 Å². The summed E-state index contributed by atoms with van der Waals surface area (Å²) in [5.74, 6) is 0. The molecule has 0 aliphatic carbocycles. The van der Waals surface area contributed by atoms with Gasteiger partial charge in [-0.15, -0.1) is 6.58 Å². The van der Waals surface area contributed by atoms with Gasteiger partial charge in [0.1, 0.15) is 0 Å². The van der Waals surface area contributed by atoms with Crippen LogP contribution >= 0.6 is 0 Å². The molecule has 0 radical (unpaired) electrons. The van der Waals surface area contributed by atoms with Gasteiger partial charge in [-0.2, -0.15) is 0 Å². The van der Waals surface area contributed by atoms with Gasteiger partial charge < -0.3 is 4.90 Å². The van der Waals surface area contributed by atoms with E-state index >= 15 is 0 Å². The Bertz CT molecular complexity index is 427. The number of nitro benzene ring substituents is 1. The highest BCUT2D eigenvalue weighted by atomic mass is 16.6. The second-order valence-electron chi connectivity index (χ2n) is 3.37. The first-order valence-electron chi connectivity index (χ1n) is 4.83. The summed E-state index contributed by atoms with van der Waals surface area (Å²) in [6.07, 6.45) is 3.39. The summed E-state index contributed by atoms with van der Waals surface area (Å²) in [7, 11) is 1.90. The molecule has 0 atom stereocenters. The summed E-state index contributed by atoms with van der Waals surface area (Å²) in [4.78, 5) is 12.2. The van der Waals surface area contributed by atoms with Crippen LogP contribution in [0.3, 0.4) is 0 Å². The van der Waals surface area contributed by atoms with E-state index in [2.05, 4.69) is 13.2 Å². The zero-order valence-corrected chi connectivity index (χ0v) is 9.22. The molecule has 16 heavy (non-hydrogen) atoms. The predicted octanol–water partition coefficient (Wildman–Crippen LogP) is 2.86. The summed E-state index contributed by atoms with van der Waals surface area (Å²) < 4.78 is 0. The molecule has 4 heteroatoms. The third kappa shape index (κ3) is 2.48. The van der Waals surface area contributed by atoms with Crippen LogP contribution in [0.1, 0.15) is 5.56 Å². The van der Waals surface area contributed by atoms with Gasteiger partial charge in [-0.05, 0) is 6.07 Å². The Morgan fingerprint density at radius 1 is 1.50 bits per heavy atom. The van der Waals surface area contributed by atoms with Gasteiger partial charge in [0, 0.05) is 37.0 Å². The van der Waals surface area contributed by atoms with E-state index in [0.29, 0.717) is 6.54 Å². The number of benzene rings is 1. The Kier molecular flexibility index (Phi) is 3.83. The second-order valence-corrected chi connectivity index (χ2v) is 3.37. The molecule has 1 aromatic carbocycles. The Morgan fingerprint density at radius 2 is 2.19 bits per heavy atom. The predicted molar refractivity (Wildman–Crippen MR) is 66.7 cm³/mol. The molecule has 1 rings (SSSR count). The molecule has 0 fully saturated rings. The third-order valence-corrected chi connectivity index (χ3v) is 2.26. The number of nitro groups is 1. The molecule has 4 nitrogen and oxygen atoms in total. The molecule has 0 saturated heterocycles. The van der Waals surface area contributed by atoms with E-state index in [1.165, 1.54) is 12.1 Å². The first-order valence-corrected chi connectivity index (χ1v) is 4.83. The van der Waals surface area contributed by atoms with Crippen molar-refractivity contribution in [2.24, 2.45) is 0 Å². The van der Waals surface area contributed by atoms with Crippen molar-refractivity contribution in [3.05, 3.63) is 53.1 Å². The van der Waals surface area contributed by atoms with Crippen molar-refractivity contribution in [1.29, 1.82) is 0 Å². The number of non-ortho nitro benzene ring substituents is 1. The number of nitrogens with zero attached hydrogens (tertiary/aromatic N) is 2. The van der Waals surface area contributed by atoms with Crippen molar-refractivity contribution >= 4 is 17.5 Å². The van der Waals surface area contributed by atoms with E-state index in [0.717, 1.165) is 11.3 Å². The summed E-state index contributed by atoms with van der Waals surface area (Å²) >= 11 is 0. The maximum atomic E-state index is 10.6. The molecular formula is C12H14N2O2. The highest BCUT2D eigenvalue weighted by Crippen LogP contribution is 2.25. The lowest BCUT2D eigenvalue weighted by molar-refractivity contribution is -0.384. The van der Waals surface area contributed by atoms with Gasteiger partial charge in [-0.25, -0.2) is 0 Å². The summed E-state index contributed by atoms with van der Waals surface area (Å²) in [6, 6.07) is 4.72. The lowest BCUT2D eigenvalue weighted by Crippen LogP contribution is -2.17. The molecule has 0 heterocycles. The minimum absolute atomic E-state index is 0.0747. The molecule has 0 amide bonds. The van der Waals surface area contributed by atoms with Crippen LogP contribution in [0.2, 0.25) is 0 Å². The smallest absolute Gasteiger partial charge is 0.270 e. The summed E-state index contributed by atoms with van der Waals surface area (Å²) in [6.45, 7) is 7.99. The van der Waals surface area contributed by atoms with Crippen molar-refractivity contribution in [2.75, 3.05) is 18.5 Å². The summed E-state index contributed by atoms with van der Waals surface area (Å²) in [5, 5.41) is 10.6. The zero-order chi connectivity index (χ0) is 12.1. The second kappa shape index (κ2) is 5.11. The molecule has 0 spiro atoms. The van der Waals surface area contributed by atoms with Crippen LogP contribution < -0.4 is 4.90 Å². The number of hydrogen-bond donors (Lipinski definition) is 0. The summed E-state index contributed by atoms with van der Waals surface area (Å²) in [5.41, 5.74) is 1.73. The van der Waals surface area contributed by atoms with Crippen molar-refractivity contribution in [1.82, 2.24) is 0 Å².